The van der Waals surface area contributed by atoms with E-state index in [0.717, 1.165) is 40.6 Å². The lowest BCUT2D eigenvalue weighted by molar-refractivity contribution is -0.131. The highest BCUT2D eigenvalue weighted by Crippen LogP contribution is 2.41. The highest BCUT2D eigenvalue weighted by atomic mass is 32.1. The summed E-state index contributed by atoms with van der Waals surface area (Å²) in [6.07, 6.45) is 3.22. The van der Waals surface area contributed by atoms with Gasteiger partial charge in [-0.25, -0.2) is 15.4 Å². The van der Waals surface area contributed by atoms with Gasteiger partial charge in [-0.3, -0.25) is 14.7 Å². The first kappa shape index (κ1) is 28.6. The maximum atomic E-state index is 14.4. The van der Waals surface area contributed by atoms with E-state index in [2.05, 4.69) is 39.9 Å². The minimum atomic E-state index is -1.05. The number of carbonyl (C=O) groups is 1. The number of benzene rings is 1. The summed E-state index contributed by atoms with van der Waals surface area (Å²) in [5.74, 6) is -1.33. The van der Waals surface area contributed by atoms with Gasteiger partial charge in [-0.1, -0.05) is 24.8 Å². The van der Waals surface area contributed by atoms with Gasteiger partial charge < -0.3 is 19.4 Å². The number of aromatic nitrogens is 3. The van der Waals surface area contributed by atoms with E-state index in [1.807, 2.05) is 23.2 Å². The molecule has 1 aromatic carbocycles. The number of nitrogens with zero attached hydrogens (tertiary/aromatic N) is 7. The Morgan fingerprint density at radius 1 is 1.23 bits per heavy atom. The molecule has 3 aliphatic rings. The summed E-state index contributed by atoms with van der Waals surface area (Å²) in [5, 5.41) is 3.21. The first-order valence-electron chi connectivity index (χ1n) is 14.7. The number of amides is 1. The van der Waals surface area contributed by atoms with Crippen molar-refractivity contribution in [2.75, 3.05) is 50.8 Å². The number of hydrogen-bond acceptors (Lipinski definition) is 8. The Morgan fingerprint density at radius 3 is 2.95 bits per heavy atom. The SMILES string of the molecule is [C-]#[N+]C[C@H]1CN(c2nc(OCC34CCCN3C[C@H](F)C4)nc3cc(-c4cccc5ccsc45)cnc23)CCN1C(=O)C(=C)F. The van der Waals surface area contributed by atoms with E-state index in [4.69, 9.17) is 26.3 Å². The van der Waals surface area contributed by atoms with Crippen molar-refractivity contribution in [1.29, 1.82) is 0 Å². The van der Waals surface area contributed by atoms with Gasteiger partial charge in [0.25, 0.3) is 5.91 Å². The van der Waals surface area contributed by atoms with Crippen LogP contribution in [0.1, 0.15) is 19.3 Å². The molecule has 6 heterocycles. The number of pyridine rings is 1. The number of thiophene rings is 1. The van der Waals surface area contributed by atoms with Crippen LogP contribution in [0.5, 0.6) is 6.01 Å². The summed E-state index contributed by atoms with van der Waals surface area (Å²) >= 11 is 1.66. The van der Waals surface area contributed by atoms with Gasteiger partial charge in [0.05, 0.1) is 11.1 Å². The summed E-state index contributed by atoms with van der Waals surface area (Å²) in [6, 6.07) is 9.83. The van der Waals surface area contributed by atoms with Gasteiger partial charge in [-0.05, 0) is 42.3 Å². The zero-order valence-corrected chi connectivity index (χ0v) is 24.9. The first-order chi connectivity index (χ1) is 21.3. The van der Waals surface area contributed by atoms with Crippen LogP contribution in [0, 0.1) is 6.57 Å². The standard InChI is InChI=1S/C32H31F2N7O2S/c1-20(33)30(42)41-11-10-39(18-24(41)16-35-2)29-27-26(13-22(15-36-27)25-6-3-5-21-7-12-44-28(21)25)37-31(38-29)43-19-32-8-4-9-40(32)17-23(34)14-32/h3,5-7,12-13,15,23-24H,1,4,8-11,14,16-19H2/t23-,24+,32?/m1/s1. The minimum absolute atomic E-state index is 0.00699. The Hall–Kier alpha value is -4.21. The van der Waals surface area contributed by atoms with E-state index >= 15 is 0 Å². The number of ether oxygens (including phenoxy) is 1. The Balaban J connectivity index is 1.27. The lowest BCUT2D eigenvalue weighted by atomic mass is 9.95. The van der Waals surface area contributed by atoms with Crippen molar-refractivity contribution in [3.05, 3.63) is 65.7 Å². The van der Waals surface area contributed by atoms with Crippen LogP contribution in [0.15, 0.2) is 54.3 Å². The molecule has 44 heavy (non-hydrogen) atoms. The molecule has 3 saturated heterocycles. The molecule has 1 amide bonds. The Kier molecular flexibility index (Phi) is 7.38. The van der Waals surface area contributed by atoms with Crippen molar-refractivity contribution < 1.29 is 18.3 Å². The second kappa shape index (κ2) is 11.4. The van der Waals surface area contributed by atoms with Crippen LogP contribution in [-0.2, 0) is 4.79 Å². The van der Waals surface area contributed by atoms with E-state index in [9.17, 15) is 13.6 Å². The number of fused-ring (bicyclic) bond motifs is 3. The van der Waals surface area contributed by atoms with Crippen LogP contribution in [0.4, 0.5) is 14.6 Å². The van der Waals surface area contributed by atoms with E-state index in [1.165, 1.54) is 4.90 Å². The largest absolute Gasteiger partial charge is 0.461 e. The summed E-state index contributed by atoms with van der Waals surface area (Å²) in [6.45, 7) is 13.0. The fourth-order valence-electron chi connectivity index (χ4n) is 7.01. The van der Waals surface area contributed by atoms with Crippen LogP contribution in [-0.4, -0.2) is 94.3 Å². The van der Waals surface area contributed by atoms with Crippen LogP contribution in [0.25, 0.3) is 37.1 Å². The third-order valence-corrected chi connectivity index (χ3v) is 10.1. The Bertz CT molecular complexity index is 1810. The molecule has 3 aliphatic heterocycles. The fraction of sp³-hybridized carbons (Fsp3) is 0.406. The van der Waals surface area contributed by atoms with Gasteiger partial charge in [-0.2, -0.15) is 9.97 Å². The van der Waals surface area contributed by atoms with Crippen molar-refractivity contribution in [1.82, 2.24) is 24.8 Å². The molecule has 0 N–H and O–H groups in total. The van der Waals surface area contributed by atoms with E-state index in [0.29, 0.717) is 36.4 Å². The second-order valence-electron chi connectivity index (χ2n) is 11.8. The van der Waals surface area contributed by atoms with Gasteiger partial charge in [0.1, 0.15) is 24.3 Å². The van der Waals surface area contributed by atoms with Crippen molar-refractivity contribution in [2.24, 2.45) is 0 Å². The third kappa shape index (κ3) is 5.04. The smallest absolute Gasteiger partial charge is 0.319 e. The molecule has 7 rings (SSSR count). The predicted molar refractivity (Wildman–Crippen MR) is 166 cm³/mol. The highest BCUT2D eigenvalue weighted by molar-refractivity contribution is 7.17. The van der Waals surface area contributed by atoms with Gasteiger partial charge in [0.2, 0.25) is 6.54 Å². The third-order valence-electron chi connectivity index (χ3n) is 9.10. The molecule has 4 aromatic rings. The monoisotopic (exact) mass is 615 g/mol. The molecule has 0 bridgehead atoms. The molecule has 0 spiro atoms. The van der Waals surface area contributed by atoms with Crippen molar-refractivity contribution in [3.8, 4) is 17.1 Å². The molecule has 3 aromatic heterocycles. The summed E-state index contributed by atoms with van der Waals surface area (Å²) < 4.78 is 35.7. The number of halogens is 2. The maximum absolute atomic E-state index is 14.4. The summed E-state index contributed by atoms with van der Waals surface area (Å²) in [5.41, 5.74) is 2.73. The second-order valence-corrected chi connectivity index (χ2v) is 12.7. The maximum Gasteiger partial charge on any atom is 0.319 e. The molecule has 0 aliphatic carbocycles. The summed E-state index contributed by atoms with van der Waals surface area (Å²) in [7, 11) is 0. The van der Waals surface area contributed by atoms with Gasteiger partial charge in [0.15, 0.2) is 11.6 Å². The van der Waals surface area contributed by atoms with E-state index < -0.39 is 23.9 Å². The van der Waals surface area contributed by atoms with Gasteiger partial charge in [0, 0.05) is 54.6 Å². The van der Waals surface area contributed by atoms with Crippen LogP contribution < -0.4 is 9.64 Å². The van der Waals surface area contributed by atoms with Crippen molar-refractivity contribution in [3.63, 3.8) is 0 Å². The molecule has 9 nitrogen and oxygen atoms in total. The molecule has 0 radical (unpaired) electrons. The van der Waals surface area contributed by atoms with Crippen LogP contribution in [0.2, 0.25) is 0 Å². The highest BCUT2D eigenvalue weighted by Gasteiger charge is 2.49. The number of hydrogen-bond donors (Lipinski definition) is 0. The van der Waals surface area contributed by atoms with E-state index in [-0.39, 0.29) is 37.8 Å². The van der Waals surface area contributed by atoms with Crippen molar-refractivity contribution in [2.45, 2.75) is 37.0 Å². The Labute approximate surface area is 257 Å². The minimum Gasteiger partial charge on any atom is -0.461 e. The normalized spacial score (nSPS) is 23.7. The number of alkyl halides is 1. The zero-order valence-electron chi connectivity index (χ0n) is 24.1. The first-order valence-corrected chi connectivity index (χ1v) is 15.6. The average molecular weight is 616 g/mol. The number of piperazine rings is 1. The van der Waals surface area contributed by atoms with Crippen LogP contribution >= 0.6 is 11.3 Å². The van der Waals surface area contributed by atoms with Gasteiger partial charge >= 0.3 is 6.01 Å². The zero-order chi connectivity index (χ0) is 30.4. The van der Waals surface area contributed by atoms with Gasteiger partial charge in [-0.15, -0.1) is 11.3 Å². The molecule has 1 unspecified atom stereocenters. The molecule has 0 saturated carbocycles. The molecule has 226 valence electrons. The molecule has 3 atom stereocenters. The molecule has 3 fully saturated rings. The lowest BCUT2D eigenvalue weighted by Gasteiger charge is -2.39. The topological polar surface area (TPSA) is 79.1 Å². The fourth-order valence-corrected chi connectivity index (χ4v) is 7.95. The lowest BCUT2D eigenvalue weighted by Crippen LogP contribution is -2.56. The number of carbonyl (C=O) groups excluding carboxylic acids is 1. The summed E-state index contributed by atoms with van der Waals surface area (Å²) in [4.78, 5) is 35.9. The quantitative estimate of drug-likeness (QED) is 0.207. The molecule has 12 heteroatoms. The van der Waals surface area contributed by atoms with Crippen molar-refractivity contribution >= 4 is 44.2 Å². The molecular formula is C32H31F2N7O2S. The van der Waals surface area contributed by atoms with E-state index in [1.54, 1.807) is 11.3 Å². The Morgan fingerprint density at radius 2 is 2.11 bits per heavy atom. The predicted octanol–water partition coefficient (Wildman–Crippen LogP) is 5.28. The van der Waals surface area contributed by atoms with Crippen LogP contribution in [0.3, 0.4) is 0 Å². The average Bonchev–Trinajstić information content (AvgIpc) is 3.73. The number of rotatable bonds is 7. The number of anilines is 1. The molecular weight excluding hydrogens is 584 g/mol.